The molecule has 1 aliphatic heterocycles. The summed E-state index contributed by atoms with van der Waals surface area (Å²) in [6.45, 7) is 1.15. The average molecular weight is 451 g/mol. The first kappa shape index (κ1) is 19.0. The molecule has 0 amide bonds. The summed E-state index contributed by atoms with van der Waals surface area (Å²) < 4.78 is 27.4. The Morgan fingerprint density at radius 3 is 2.79 bits per heavy atom. The molecule has 0 aromatic carbocycles. The van der Waals surface area contributed by atoms with Crippen molar-refractivity contribution in [2.75, 3.05) is 18.4 Å². The van der Waals surface area contributed by atoms with Crippen LogP contribution < -0.4 is 5.32 Å². The number of nitrogens with zero attached hydrogens (tertiary/aromatic N) is 4. The Balaban J connectivity index is 1.40. The molecule has 4 heterocycles. The summed E-state index contributed by atoms with van der Waals surface area (Å²) in [5.41, 5.74) is 1.10. The minimum atomic E-state index is -3.45. The minimum absolute atomic E-state index is 0.309. The van der Waals surface area contributed by atoms with Crippen molar-refractivity contribution in [2.24, 2.45) is 0 Å². The van der Waals surface area contributed by atoms with Crippen LogP contribution in [0.4, 0.5) is 11.6 Å². The molecule has 3 aromatic rings. The molecule has 11 heteroatoms. The van der Waals surface area contributed by atoms with E-state index >= 15 is 0 Å². The molecule has 0 spiro atoms. The number of rotatable bonds is 6. The summed E-state index contributed by atoms with van der Waals surface area (Å²) >= 11 is 7.42. The lowest BCUT2D eigenvalue weighted by Crippen LogP contribution is -2.27. The molecule has 152 valence electrons. The Hall–Kier alpha value is -2.01. The maximum Gasteiger partial charge on any atom is 0.252 e. The van der Waals surface area contributed by atoms with Gasteiger partial charge in [0.25, 0.3) is 10.0 Å². The highest BCUT2D eigenvalue weighted by atomic mass is 35.5. The zero-order chi connectivity index (χ0) is 20.0. The van der Waals surface area contributed by atoms with E-state index in [4.69, 9.17) is 11.6 Å². The predicted octanol–water partition coefficient (Wildman–Crippen LogP) is 3.99. The Morgan fingerprint density at radius 1 is 1.24 bits per heavy atom. The molecular weight excluding hydrogens is 432 g/mol. The van der Waals surface area contributed by atoms with Crippen molar-refractivity contribution >= 4 is 44.6 Å². The first-order valence-electron chi connectivity index (χ1n) is 9.46. The SMILES string of the molecule is O=S(=O)(c1ccc(-c2ncc(Cl)c(Nc3cc(C4CC4)[nH]n3)n2)s1)N1CCCC1. The van der Waals surface area contributed by atoms with Gasteiger partial charge in [0.15, 0.2) is 17.5 Å². The average Bonchev–Trinajstić information content (AvgIpc) is 3.14. The van der Waals surface area contributed by atoms with E-state index in [0.29, 0.717) is 50.6 Å². The first-order valence-corrected chi connectivity index (χ1v) is 12.1. The third kappa shape index (κ3) is 3.77. The Labute approximate surface area is 177 Å². The number of halogens is 1. The maximum atomic E-state index is 12.8. The van der Waals surface area contributed by atoms with E-state index in [9.17, 15) is 8.42 Å². The van der Waals surface area contributed by atoms with Crippen molar-refractivity contribution in [3.8, 4) is 10.7 Å². The highest BCUT2D eigenvalue weighted by Crippen LogP contribution is 2.40. The summed E-state index contributed by atoms with van der Waals surface area (Å²) in [5, 5.41) is 10.8. The third-order valence-corrected chi connectivity index (χ3v) is 8.79. The van der Waals surface area contributed by atoms with Gasteiger partial charge in [0.1, 0.15) is 9.23 Å². The quantitative estimate of drug-likeness (QED) is 0.588. The summed E-state index contributed by atoms with van der Waals surface area (Å²) in [6, 6.07) is 5.32. The van der Waals surface area contributed by atoms with Gasteiger partial charge >= 0.3 is 0 Å². The van der Waals surface area contributed by atoms with E-state index in [1.807, 2.05) is 6.07 Å². The van der Waals surface area contributed by atoms with Crippen LogP contribution >= 0.6 is 22.9 Å². The molecule has 2 N–H and O–H groups in total. The van der Waals surface area contributed by atoms with Crippen molar-refractivity contribution < 1.29 is 8.42 Å². The van der Waals surface area contributed by atoms with Gasteiger partial charge in [-0.2, -0.15) is 9.40 Å². The fraction of sp³-hybridized carbons (Fsp3) is 0.389. The van der Waals surface area contributed by atoms with Crippen LogP contribution in [0.5, 0.6) is 0 Å². The number of hydrogen-bond acceptors (Lipinski definition) is 7. The largest absolute Gasteiger partial charge is 0.322 e. The van der Waals surface area contributed by atoms with Crippen LogP contribution in [0.15, 0.2) is 28.6 Å². The molecule has 1 saturated carbocycles. The van der Waals surface area contributed by atoms with Crippen LogP contribution in [-0.2, 0) is 10.0 Å². The molecule has 29 heavy (non-hydrogen) atoms. The number of nitrogens with one attached hydrogen (secondary N) is 2. The predicted molar refractivity (Wildman–Crippen MR) is 112 cm³/mol. The number of hydrogen-bond donors (Lipinski definition) is 2. The molecule has 5 rings (SSSR count). The number of anilines is 2. The van der Waals surface area contributed by atoms with Crippen LogP contribution in [0, 0.1) is 0 Å². The molecule has 3 aromatic heterocycles. The lowest BCUT2D eigenvalue weighted by atomic mass is 10.3. The van der Waals surface area contributed by atoms with E-state index in [1.165, 1.54) is 34.7 Å². The standard InChI is InChI=1S/C18H19ClN6O2S2/c19-12-10-20-18(22-17(12)21-15-9-13(23-24-15)11-3-4-11)14-5-6-16(28-14)29(26,27)25-7-1-2-8-25/h5-6,9-11H,1-4,7-8H2,(H2,20,21,22,23,24). The zero-order valence-corrected chi connectivity index (χ0v) is 17.8. The first-order chi connectivity index (χ1) is 14.0. The number of thiophene rings is 1. The van der Waals surface area contributed by atoms with Crippen molar-refractivity contribution in [1.82, 2.24) is 24.5 Å². The van der Waals surface area contributed by atoms with Crippen LogP contribution in [-0.4, -0.2) is 46.0 Å². The molecule has 0 atom stereocenters. The lowest BCUT2D eigenvalue weighted by Gasteiger charge is -2.13. The van der Waals surface area contributed by atoms with Gasteiger partial charge in [-0.1, -0.05) is 11.6 Å². The second-order valence-electron chi connectivity index (χ2n) is 7.23. The number of aromatic nitrogens is 4. The molecule has 2 aliphatic rings. The molecule has 0 bridgehead atoms. The van der Waals surface area contributed by atoms with Crippen LogP contribution in [0.1, 0.15) is 37.3 Å². The monoisotopic (exact) mass is 450 g/mol. The zero-order valence-electron chi connectivity index (χ0n) is 15.4. The van der Waals surface area contributed by atoms with Gasteiger partial charge in [-0.05, 0) is 37.8 Å². The minimum Gasteiger partial charge on any atom is -0.322 e. The van der Waals surface area contributed by atoms with Crippen molar-refractivity contribution in [2.45, 2.75) is 35.8 Å². The van der Waals surface area contributed by atoms with Gasteiger partial charge < -0.3 is 5.32 Å². The van der Waals surface area contributed by atoms with Gasteiger partial charge in [-0.25, -0.2) is 18.4 Å². The van der Waals surface area contributed by atoms with Crippen LogP contribution in [0.2, 0.25) is 5.02 Å². The summed E-state index contributed by atoms with van der Waals surface area (Å²) in [5.74, 6) is 2.06. The van der Waals surface area contributed by atoms with E-state index in [-0.39, 0.29) is 0 Å². The van der Waals surface area contributed by atoms with Gasteiger partial charge in [0, 0.05) is 30.8 Å². The second-order valence-corrected chi connectivity index (χ2v) is 10.9. The van der Waals surface area contributed by atoms with Crippen molar-refractivity contribution in [1.29, 1.82) is 0 Å². The fourth-order valence-corrected chi connectivity index (χ4v) is 6.39. The summed E-state index contributed by atoms with van der Waals surface area (Å²) in [4.78, 5) is 9.44. The summed E-state index contributed by atoms with van der Waals surface area (Å²) in [6.07, 6.45) is 5.68. The molecule has 2 fully saturated rings. The number of H-pyrrole nitrogens is 1. The Bertz CT molecular complexity index is 1150. The topological polar surface area (TPSA) is 104 Å². The van der Waals surface area contributed by atoms with Crippen molar-refractivity contribution in [3.05, 3.63) is 35.1 Å². The Morgan fingerprint density at radius 2 is 2.03 bits per heavy atom. The third-order valence-electron chi connectivity index (χ3n) is 5.07. The van der Waals surface area contributed by atoms with Crippen LogP contribution in [0.25, 0.3) is 10.7 Å². The van der Waals surface area contributed by atoms with E-state index in [0.717, 1.165) is 18.5 Å². The Kier molecular flexibility index (Phi) is 4.81. The smallest absolute Gasteiger partial charge is 0.252 e. The van der Waals surface area contributed by atoms with Gasteiger partial charge in [-0.15, -0.1) is 11.3 Å². The van der Waals surface area contributed by atoms with Gasteiger partial charge in [0.2, 0.25) is 0 Å². The van der Waals surface area contributed by atoms with Crippen LogP contribution in [0.3, 0.4) is 0 Å². The normalized spacial score (nSPS) is 17.7. The maximum absolute atomic E-state index is 12.8. The van der Waals surface area contributed by atoms with E-state index in [1.54, 1.807) is 12.1 Å². The highest BCUT2D eigenvalue weighted by Gasteiger charge is 2.29. The molecular formula is C18H19ClN6O2S2. The molecule has 0 radical (unpaired) electrons. The highest BCUT2D eigenvalue weighted by molar-refractivity contribution is 7.91. The number of sulfonamides is 1. The fourth-order valence-electron chi connectivity index (χ4n) is 3.33. The van der Waals surface area contributed by atoms with E-state index in [2.05, 4.69) is 25.5 Å². The van der Waals surface area contributed by atoms with Crippen molar-refractivity contribution in [3.63, 3.8) is 0 Å². The second kappa shape index (κ2) is 7.35. The summed E-state index contributed by atoms with van der Waals surface area (Å²) in [7, 11) is -3.45. The number of aromatic amines is 1. The van der Waals surface area contributed by atoms with Gasteiger partial charge in [0.05, 0.1) is 11.1 Å². The van der Waals surface area contributed by atoms with E-state index < -0.39 is 10.0 Å². The molecule has 1 saturated heterocycles. The molecule has 0 unspecified atom stereocenters. The lowest BCUT2D eigenvalue weighted by molar-refractivity contribution is 0.479. The molecule has 8 nitrogen and oxygen atoms in total. The molecule has 1 aliphatic carbocycles. The van der Waals surface area contributed by atoms with Gasteiger partial charge in [-0.3, -0.25) is 5.10 Å².